The van der Waals surface area contributed by atoms with Crippen LogP contribution in [0.5, 0.6) is 0 Å². The van der Waals surface area contributed by atoms with E-state index in [-0.39, 0.29) is 12.6 Å². The standard InChI is InChI=1S/C16H26N2O3/c19-14(20)16(9-5-2-6-10-16)12-18-15(21)17-11-13-7-3-1-4-8-13/h1,3,13H,2,4-12H2,(H,19,20)(H2,17,18,21). The molecule has 1 saturated carbocycles. The molecule has 0 spiro atoms. The van der Waals surface area contributed by atoms with Gasteiger partial charge in [-0.3, -0.25) is 4.79 Å². The predicted molar refractivity (Wildman–Crippen MR) is 81.0 cm³/mol. The Hall–Kier alpha value is -1.52. The summed E-state index contributed by atoms with van der Waals surface area (Å²) in [5, 5.41) is 15.1. The van der Waals surface area contributed by atoms with E-state index in [4.69, 9.17) is 0 Å². The quantitative estimate of drug-likeness (QED) is 0.682. The van der Waals surface area contributed by atoms with Crippen molar-refractivity contribution in [2.75, 3.05) is 13.1 Å². The molecule has 2 rings (SSSR count). The molecule has 3 N–H and O–H groups in total. The van der Waals surface area contributed by atoms with E-state index >= 15 is 0 Å². The highest BCUT2D eigenvalue weighted by Crippen LogP contribution is 2.35. The number of hydrogen-bond donors (Lipinski definition) is 3. The number of carboxylic acid groups (broad SMARTS) is 1. The second-order valence-corrected chi connectivity index (χ2v) is 6.36. The molecule has 5 nitrogen and oxygen atoms in total. The van der Waals surface area contributed by atoms with Gasteiger partial charge in [0.05, 0.1) is 5.41 Å². The molecule has 0 radical (unpaired) electrons. The first kappa shape index (κ1) is 15.9. The maximum absolute atomic E-state index is 11.9. The third-order valence-electron chi connectivity index (χ3n) is 4.78. The molecule has 1 unspecified atom stereocenters. The van der Waals surface area contributed by atoms with E-state index < -0.39 is 11.4 Å². The predicted octanol–water partition coefficient (Wildman–Crippen LogP) is 2.68. The van der Waals surface area contributed by atoms with Crippen molar-refractivity contribution >= 4 is 12.0 Å². The third-order valence-corrected chi connectivity index (χ3v) is 4.78. The topological polar surface area (TPSA) is 78.4 Å². The number of nitrogens with one attached hydrogen (secondary N) is 2. The number of rotatable bonds is 5. The van der Waals surface area contributed by atoms with Crippen molar-refractivity contribution in [2.45, 2.75) is 51.4 Å². The lowest BCUT2D eigenvalue weighted by Crippen LogP contribution is -2.47. The molecule has 0 bridgehead atoms. The number of amides is 2. The molecule has 118 valence electrons. The molecule has 1 atom stereocenters. The van der Waals surface area contributed by atoms with Crippen molar-refractivity contribution in [3.8, 4) is 0 Å². The van der Waals surface area contributed by atoms with Crippen LogP contribution in [0.3, 0.4) is 0 Å². The summed E-state index contributed by atoms with van der Waals surface area (Å²) < 4.78 is 0. The van der Waals surface area contributed by atoms with Crippen LogP contribution in [0.15, 0.2) is 12.2 Å². The van der Waals surface area contributed by atoms with Crippen LogP contribution in [0.2, 0.25) is 0 Å². The highest BCUT2D eigenvalue weighted by atomic mass is 16.4. The average molecular weight is 294 g/mol. The summed E-state index contributed by atoms with van der Waals surface area (Å²) in [7, 11) is 0. The van der Waals surface area contributed by atoms with E-state index in [1.54, 1.807) is 0 Å². The SMILES string of the molecule is O=C(NCC1CC=CCC1)NCC1(C(=O)O)CCCCC1. The van der Waals surface area contributed by atoms with Crippen LogP contribution < -0.4 is 10.6 Å². The zero-order valence-electron chi connectivity index (χ0n) is 12.6. The van der Waals surface area contributed by atoms with Crippen molar-refractivity contribution in [3.63, 3.8) is 0 Å². The minimum atomic E-state index is -0.778. The lowest BCUT2D eigenvalue weighted by molar-refractivity contribution is -0.150. The molecule has 2 amide bonds. The van der Waals surface area contributed by atoms with Crippen LogP contribution in [0.25, 0.3) is 0 Å². The molecule has 21 heavy (non-hydrogen) atoms. The number of hydrogen-bond acceptors (Lipinski definition) is 2. The normalized spacial score (nSPS) is 24.3. The smallest absolute Gasteiger partial charge is 0.314 e. The zero-order valence-corrected chi connectivity index (χ0v) is 12.6. The van der Waals surface area contributed by atoms with Gasteiger partial charge in [-0.05, 0) is 38.0 Å². The molecule has 5 heteroatoms. The Bertz CT molecular complexity index is 400. The number of carbonyl (C=O) groups excluding carboxylic acids is 1. The Balaban J connectivity index is 1.74. The molecule has 0 heterocycles. The summed E-state index contributed by atoms with van der Waals surface area (Å²) in [6.07, 6.45) is 11.8. The van der Waals surface area contributed by atoms with Crippen molar-refractivity contribution < 1.29 is 14.7 Å². The minimum Gasteiger partial charge on any atom is -0.481 e. The monoisotopic (exact) mass is 294 g/mol. The molecule has 0 aromatic carbocycles. The summed E-state index contributed by atoms with van der Waals surface area (Å²) in [5.41, 5.74) is -0.761. The number of urea groups is 1. The molecule has 0 aromatic heterocycles. The van der Waals surface area contributed by atoms with Crippen molar-refractivity contribution in [1.82, 2.24) is 10.6 Å². The summed E-state index contributed by atoms with van der Waals surface area (Å²) in [4.78, 5) is 23.4. The Kier molecular flexibility index (Phi) is 5.65. The lowest BCUT2D eigenvalue weighted by atomic mass is 9.74. The highest BCUT2D eigenvalue weighted by Gasteiger charge is 2.39. The first-order chi connectivity index (χ1) is 10.1. The van der Waals surface area contributed by atoms with Gasteiger partial charge in [-0.25, -0.2) is 4.79 Å². The third kappa shape index (κ3) is 4.48. The van der Waals surface area contributed by atoms with Gasteiger partial charge in [0.2, 0.25) is 0 Å². The van der Waals surface area contributed by atoms with Gasteiger partial charge < -0.3 is 15.7 Å². The van der Waals surface area contributed by atoms with Gasteiger partial charge in [-0.1, -0.05) is 31.4 Å². The van der Waals surface area contributed by atoms with E-state index in [0.29, 0.717) is 25.3 Å². The van der Waals surface area contributed by atoms with Crippen molar-refractivity contribution in [2.24, 2.45) is 11.3 Å². The fraction of sp³-hybridized carbons (Fsp3) is 0.750. The lowest BCUT2D eigenvalue weighted by Gasteiger charge is -2.33. The molecular formula is C16H26N2O3. The van der Waals surface area contributed by atoms with E-state index in [2.05, 4.69) is 22.8 Å². The molecule has 1 fully saturated rings. The molecule has 0 aliphatic heterocycles. The van der Waals surface area contributed by atoms with Crippen LogP contribution in [0.4, 0.5) is 4.79 Å². The Labute approximate surface area is 126 Å². The summed E-state index contributed by atoms with van der Waals surface area (Å²) in [6, 6.07) is -0.240. The van der Waals surface area contributed by atoms with E-state index in [9.17, 15) is 14.7 Å². The summed E-state index contributed by atoms with van der Waals surface area (Å²) in [6.45, 7) is 0.898. The second-order valence-electron chi connectivity index (χ2n) is 6.36. The van der Waals surface area contributed by atoms with E-state index in [1.807, 2.05) is 0 Å². The van der Waals surface area contributed by atoms with Crippen LogP contribution in [-0.2, 0) is 4.79 Å². The van der Waals surface area contributed by atoms with Crippen LogP contribution in [0.1, 0.15) is 51.4 Å². The molecule has 0 aromatic rings. The maximum Gasteiger partial charge on any atom is 0.314 e. The Morgan fingerprint density at radius 2 is 1.90 bits per heavy atom. The number of carboxylic acids is 1. The van der Waals surface area contributed by atoms with Gasteiger partial charge in [-0.15, -0.1) is 0 Å². The van der Waals surface area contributed by atoms with Crippen LogP contribution in [0, 0.1) is 11.3 Å². The van der Waals surface area contributed by atoms with Gasteiger partial charge in [0.1, 0.15) is 0 Å². The fourth-order valence-electron chi connectivity index (χ4n) is 3.29. The fourth-order valence-corrected chi connectivity index (χ4v) is 3.29. The number of aliphatic carboxylic acids is 1. The van der Waals surface area contributed by atoms with Crippen LogP contribution in [-0.4, -0.2) is 30.2 Å². The van der Waals surface area contributed by atoms with E-state index in [1.165, 1.54) is 0 Å². The van der Waals surface area contributed by atoms with Gasteiger partial charge in [0.25, 0.3) is 0 Å². The Morgan fingerprint density at radius 3 is 2.52 bits per heavy atom. The van der Waals surface area contributed by atoms with Crippen molar-refractivity contribution in [1.29, 1.82) is 0 Å². The van der Waals surface area contributed by atoms with Crippen LogP contribution >= 0.6 is 0 Å². The second kappa shape index (κ2) is 7.48. The maximum atomic E-state index is 11.9. The molecular weight excluding hydrogens is 268 g/mol. The summed E-state index contributed by atoms with van der Waals surface area (Å²) in [5.74, 6) is -0.274. The van der Waals surface area contributed by atoms with Gasteiger partial charge in [-0.2, -0.15) is 0 Å². The average Bonchev–Trinajstić information content (AvgIpc) is 2.52. The highest BCUT2D eigenvalue weighted by molar-refractivity contribution is 5.78. The number of allylic oxidation sites excluding steroid dienone is 2. The van der Waals surface area contributed by atoms with Crippen molar-refractivity contribution in [3.05, 3.63) is 12.2 Å². The zero-order chi connectivity index (χ0) is 15.1. The largest absolute Gasteiger partial charge is 0.481 e. The Morgan fingerprint density at radius 1 is 1.14 bits per heavy atom. The molecule has 2 aliphatic rings. The minimum absolute atomic E-state index is 0.235. The van der Waals surface area contributed by atoms with E-state index in [0.717, 1.165) is 38.5 Å². The summed E-state index contributed by atoms with van der Waals surface area (Å²) >= 11 is 0. The first-order valence-corrected chi connectivity index (χ1v) is 8.02. The molecule has 0 saturated heterocycles. The van der Waals surface area contributed by atoms with Gasteiger partial charge in [0, 0.05) is 13.1 Å². The molecule has 2 aliphatic carbocycles. The first-order valence-electron chi connectivity index (χ1n) is 8.02. The number of carbonyl (C=O) groups is 2. The van der Waals surface area contributed by atoms with Gasteiger partial charge >= 0.3 is 12.0 Å². The van der Waals surface area contributed by atoms with Gasteiger partial charge in [0.15, 0.2) is 0 Å².